The van der Waals surface area contributed by atoms with Gasteiger partial charge < -0.3 is 5.32 Å². The third-order valence-electron chi connectivity index (χ3n) is 6.21. The summed E-state index contributed by atoms with van der Waals surface area (Å²) >= 11 is 0. The lowest BCUT2D eigenvalue weighted by molar-refractivity contribution is 0.102. The lowest BCUT2D eigenvalue weighted by Crippen LogP contribution is -2.35. The van der Waals surface area contributed by atoms with Crippen LogP contribution in [0.25, 0.3) is 5.69 Å². The van der Waals surface area contributed by atoms with Crippen LogP contribution in [-0.2, 0) is 22.9 Å². The Morgan fingerprint density at radius 3 is 2.31 bits per heavy atom. The van der Waals surface area contributed by atoms with Crippen LogP contribution in [0, 0.1) is 0 Å². The predicted octanol–water partition coefficient (Wildman–Crippen LogP) is 3.79. The van der Waals surface area contributed by atoms with Crippen molar-refractivity contribution in [1.29, 1.82) is 0 Å². The van der Waals surface area contributed by atoms with Crippen molar-refractivity contribution in [2.45, 2.75) is 43.4 Å². The molecule has 1 N–H and O–H groups in total. The zero-order valence-corrected chi connectivity index (χ0v) is 18.6. The van der Waals surface area contributed by atoms with E-state index in [1.807, 2.05) is 30.3 Å². The van der Waals surface area contributed by atoms with E-state index >= 15 is 0 Å². The first-order valence-corrected chi connectivity index (χ1v) is 12.6. The summed E-state index contributed by atoms with van der Waals surface area (Å²) in [7, 11) is -3.52. The number of fused-ring (bicyclic) bond motifs is 1. The first kappa shape index (κ1) is 20.9. The van der Waals surface area contributed by atoms with Crippen molar-refractivity contribution >= 4 is 21.7 Å². The topological polar surface area (TPSA) is 84.3 Å². The van der Waals surface area contributed by atoms with Gasteiger partial charge in [0.15, 0.2) is 0 Å². The Bertz CT molecular complexity index is 1230. The fourth-order valence-corrected chi connectivity index (χ4v) is 6.01. The Labute approximate surface area is 188 Å². The van der Waals surface area contributed by atoms with E-state index in [0.717, 1.165) is 55.5 Å². The summed E-state index contributed by atoms with van der Waals surface area (Å²) in [6.45, 7) is 1.11. The molecule has 0 unspecified atom stereocenters. The zero-order valence-electron chi connectivity index (χ0n) is 17.8. The third kappa shape index (κ3) is 3.84. The molecule has 1 saturated heterocycles. The Kier molecular flexibility index (Phi) is 5.57. The van der Waals surface area contributed by atoms with Crippen LogP contribution in [0.15, 0.2) is 59.5 Å². The monoisotopic (exact) mass is 450 g/mol. The molecule has 7 nitrogen and oxygen atoms in total. The molecule has 1 aliphatic heterocycles. The molecule has 0 atom stereocenters. The molecule has 3 aromatic rings. The Balaban J connectivity index is 1.39. The summed E-state index contributed by atoms with van der Waals surface area (Å²) in [5.74, 6) is 0.414. The number of carbonyl (C=O) groups excluding carboxylic acids is 1. The summed E-state index contributed by atoms with van der Waals surface area (Å²) in [6, 6.07) is 15.9. The Morgan fingerprint density at radius 1 is 0.875 bits per heavy atom. The average molecular weight is 451 g/mol. The van der Waals surface area contributed by atoms with E-state index in [0.29, 0.717) is 24.5 Å². The molecule has 166 valence electrons. The second-order valence-corrected chi connectivity index (χ2v) is 10.3. The molecule has 0 bridgehead atoms. The molecule has 8 heteroatoms. The predicted molar refractivity (Wildman–Crippen MR) is 123 cm³/mol. The van der Waals surface area contributed by atoms with Gasteiger partial charge in [0.1, 0.15) is 5.82 Å². The van der Waals surface area contributed by atoms with Gasteiger partial charge in [0.05, 0.1) is 16.3 Å². The van der Waals surface area contributed by atoms with Crippen molar-refractivity contribution < 1.29 is 13.2 Å². The SMILES string of the molecule is O=C(Nc1c2c(nn1-c1ccccc1)CCC2)c1ccc(S(=O)(=O)N2CCCCC2)cc1. The van der Waals surface area contributed by atoms with Crippen LogP contribution >= 0.6 is 0 Å². The largest absolute Gasteiger partial charge is 0.306 e. The van der Waals surface area contributed by atoms with Crippen molar-refractivity contribution in [3.05, 3.63) is 71.4 Å². The van der Waals surface area contributed by atoms with Gasteiger partial charge in [0, 0.05) is 24.2 Å². The number of rotatable bonds is 5. The average Bonchev–Trinajstić information content (AvgIpc) is 3.43. The maximum atomic E-state index is 13.0. The smallest absolute Gasteiger partial charge is 0.256 e. The lowest BCUT2D eigenvalue weighted by atomic mass is 10.2. The maximum Gasteiger partial charge on any atom is 0.256 e. The van der Waals surface area contributed by atoms with Gasteiger partial charge in [-0.25, -0.2) is 13.1 Å². The number of para-hydroxylation sites is 1. The minimum absolute atomic E-state index is 0.228. The molecular weight excluding hydrogens is 424 g/mol. The van der Waals surface area contributed by atoms with Gasteiger partial charge in [0.2, 0.25) is 10.0 Å². The van der Waals surface area contributed by atoms with E-state index in [-0.39, 0.29) is 10.8 Å². The van der Waals surface area contributed by atoms with Gasteiger partial charge >= 0.3 is 0 Å². The molecule has 2 aliphatic rings. The highest BCUT2D eigenvalue weighted by atomic mass is 32.2. The van der Waals surface area contributed by atoms with Crippen molar-refractivity contribution in [2.75, 3.05) is 18.4 Å². The number of anilines is 1. The van der Waals surface area contributed by atoms with E-state index in [4.69, 9.17) is 5.10 Å². The molecule has 1 fully saturated rings. The van der Waals surface area contributed by atoms with Crippen molar-refractivity contribution in [1.82, 2.24) is 14.1 Å². The number of sulfonamides is 1. The fraction of sp³-hybridized carbons (Fsp3) is 0.333. The van der Waals surface area contributed by atoms with Crippen LogP contribution in [0.4, 0.5) is 5.82 Å². The molecule has 1 aromatic heterocycles. The zero-order chi connectivity index (χ0) is 22.1. The molecule has 1 amide bonds. The molecule has 5 rings (SSSR count). The summed E-state index contributed by atoms with van der Waals surface area (Å²) in [4.78, 5) is 13.3. The summed E-state index contributed by atoms with van der Waals surface area (Å²) in [5.41, 5.74) is 3.40. The van der Waals surface area contributed by atoms with Crippen LogP contribution in [0.1, 0.15) is 47.3 Å². The van der Waals surface area contributed by atoms with E-state index in [9.17, 15) is 13.2 Å². The van der Waals surface area contributed by atoms with Gasteiger partial charge in [-0.3, -0.25) is 4.79 Å². The Morgan fingerprint density at radius 2 is 1.59 bits per heavy atom. The summed E-state index contributed by atoms with van der Waals surface area (Å²) < 4.78 is 29.1. The van der Waals surface area contributed by atoms with Crippen LogP contribution in [0.3, 0.4) is 0 Å². The number of aromatic nitrogens is 2. The first-order chi connectivity index (χ1) is 15.5. The van der Waals surface area contributed by atoms with Gasteiger partial charge in [-0.15, -0.1) is 0 Å². The highest BCUT2D eigenvalue weighted by molar-refractivity contribution is 7.89. The number of hydrogen-bond donors (Lipinski definition) is 1. The maximum absolute atomic E-state index is 13.0. The summed E-state index contributed by atoms with van der Waals surface area (Å²) in [5, 5.41) is 7.75. The number of hydrogen-bond acceptors (Lipinski definition) is 4. The van der Waals surface area contributed by atoms with E-state index < -0.39 is 10.0 Å². The van der Waals surface area contributed by atoms with Crippen LogP contribution in [-0.4, -0.2) is 41.5 Å². The molecule has 0 spiro atoms. The number of piperidine rings is 1. The molecular formula is C24H26N4O3S. The first-order valence-electron chi connectivity index (χ1n) is 11.1. The molecule has 2 heterocycles. The number of benzene rings is 2. The molecule has 32 heavy (non-hydrogen) atoms. The number of nitrogens with zero attached hydrogens (tertiary/aromatic N) is 3. The second-order valence-electron chi connectivity index (χ2n) is 8.32. The van der Waals surface area contributed by atoms with Gasteiger partial charge in [-0.05, 0) is 68.5 Å². The second kappa shape index (κ2) is 8.52. The molecule has 0 saturated carbocycles. The number of amides is 1. The fourth-order valence-electron chi connectivity index (χ4n) is 4.49. The van der Waals surface area contributed by atoms with E-state index in [2.05, 4.69) is 5.32 Å². The number of aryl methyl sites for hydroxylation is 1. The number of nitrogens with one attached hydrogen (secondary N) is 1. The van der Waals surface area contributed by atoms with Crippen LogP contribution in [0.5, 0.6) is 0 Å². The Hall–Kier alpha value is -2.97. The van der Waals surface area contributed by atoms with Crippen molar-refractivity contribution in [3.8, 4) is 5.69 Å². The lowest BCUT2D eigenvalue weighted by Gasteiger charge is -2.25. The molecule has 2 aromatic carbocycles. The quantitative estimate of drug-likeness (QED) is 0.641. The van der Waals surface area contributed by atoms with Crippen molar-refractivity contribution in [2.24, 2.45) is 0 Å². The normalized spacial score (nSPS) is 16.6. The van der Waals surface area contributed by atoms with Crippen molar-refractivity contribution in [3.63, 3.8) is 0 Å². The van der Waals surface area contributed by atoms with E-state index in [1.165, 1.54) is 16.4 Å². The highest BCUT2D eigenvalue weighted by Crippen LogP contribution is 2.31. The minimum atomic E-state index is -3.52. The number of carbonyl (C=O) groups is 1. The van der Waals surface area contributed by atoms with Gasteiger partial charge in [0.25, 0.3) is 5.91 Å². The van der Waals surface area contributed by atoms with Gasteiger partial charge in [-0.1, -0.05) is 24.6 Å². The highest BCUT2D eigenvalue weighted by Gasteiger charge is 2.27. The standard InChI is InChI=1S/C24H26N4O3S/c29-24(18-12-14-20(15-13-18)32(30,31)27-16-5-2-6-17-27)25-23-21-10-7-11-22(21)26-28(23)19-8-3-1-4-9-19/h1,3-4,8-9,12-15H,2,5-7,10-11,16-17H2,(H,25,29). The van der Waals surface area contributed by atoms with E-state index in [1.54, 1.807) is 16.8 Å². The minimum Gasteiger partial charge on any atom is -0.306 e. The molecule has 1 aliphatic carbocycles. The van der Waals surface area contributed by atoms with Crippen LogP contribution < -0.4 is 5.32 Å². The van der Waals surface area contributed by atoms with Gasteiger partial charge in [-0.2, -0.15) is 9.40 Å². The van der Waals surface area contributed by atoms with Crippen LogP contribution in [0.2, 0.25) is 0 Å². The summed E-state index contributed by atoms with van der Waals surface area (Å²) in [6.07, 6.45) is 5.65. The molecule has 0 radical (unpaired) electrons. The third-order valence-corrected chi connectivity index (χ3v) is 8.12.